The third-order valence-electron chi connectivity index (χ3n) is 1.83. The second kappa shape index (κ2) is 6.15. The largest absolute Gasteiger partial charge is 0.417 e. The summed E-state index contributed by atoms with van der Waals surface area (Å²) in [6, 6.07) is -0.113. The van der Waals surface area contributed by atoms with E-state index in [-0.39, 0.29) is 11.2 Å². The smallest absolute Gasteiger partial charge is 0.363 e. The molecule has 1 aliphatic heterocycles. The van der Waals surface area contributed by atoms with E-state index in [9.17, 15) is 9.59 Å². The minimum Gasteiger partial charge on any atom is -0.363 e. The van der Waals surface area contributed by atoms with E-state index in [0.29, 0.717) is 11.1 Å². The van der Waals surface area contributed by atoms with Gasteiger partial charge in [0.1, 0.15) is 11.1 Å². The van der Waals surface area contributed by atoms with Crippen LogP contribution in [0.2, 0.25) is 0 Å². The van der Waals surface area contributed by atoms with Crippen LogP contribution in [-0.4, -0.2) is 23.8 Å². The minimum atomic E-state index is -0.882. The number of amides is 1. The van der Waals surface area contributed by atoms with E-state index in [4.69, 9.17) is 5.73 Å². The van der Waals surface area contributed by atoms with E-state index in [1.54, 1.807) is 0 Å². The summed E-state index contributed by atoms with van der Waals surface area (Å²) in [6.07, 6.45) is 2.14. The fourth-order valence-corrected chi connectivity index (χ4v) is 2.53. The Morgan fingerprint density at radius 2 is 2.21 bits per heavy atom. The number of rotatable bonds is 3. The van der Waals surface area contributed by atoms with Crippen molar-refractivity contribution in [1.82, 2.24) is 5.32 Å². The second-order valence-corrected chi connectivity index (χ2v) is 4.66. The Bertz CT molecular complexity index is 219. The number of carbonyl (C=O) groups excluding carboxylic acids is 2. The number of nitrogens with one attached hydrogen (secondary N) is 1. The number of hydrogen-bond acceptors (Lipinski definition) is 6. The average Bonchev–Trinajstić information content (AvgIpc) is 2.18. The zero-order valence-electron chi connectivity index (χ0n) is 7.52. The van der Waals surface area contributed by atoms with Gasteiger partial charge in [-0.2, -0.15) is 0 Å². The molecular formula is C7H12N2O3S2. The minimum absolute atomic E-state index is 0.0176. The van der Waals surface area contributed by atoms with Gasteiger partial charge in [-0.15, -0.1) is 0 Å². The molecule has 0 saturated carbocycles. The van der Waals surface area contributed by atoms with Crippen molar-refractivity contribution in [2.24, 2.45) is 5.73 Å². The van der Waals surface area contributed by atoms with Crippen LogP contribution in [0.5, 0.6) is 0 Å². The van der Waals surface area contributed by atoms with Crippen molar-refractivity contribution >= 4 is 33.1 Å². The molecule has 0 aromatic rings. The molecule has 1 unspecified atom stereocenters. The van der Waals surface area contributed by atoms with Crippen LogP contribution in [0, 0.1) is 0 Å². The lowest BCUT2D eigenvalue weighted by Crippen LogP contribution is -2.38. The lowest BCUT2D eigenvalue weighted by atomic mass is 10.1. The molecule has 1 atom stereocenters. The first kappa shape index (κ1) is 11.7. The lowest BCUT2D eigenvalue weighted by Gasteiger charge is -2.20. The highest BCUT2D eigenvalue weighted by Crippen LogP contribution is 2.26. The third kappa shape index (κ3) is 4.21. The number of piperidine rings is 1. The summed E-state index contributed by atoms with van der Waals surface area (Å²) >= 11 is 0.716. The Hall–Kier alpha value is -0.400. The van der Waals surface area contributed by atoms with Crippen LogP contribution in [-0.2, 0) is 8.98 Å². The van der Waals surface area contributed by atoms with Crippen molar-refractivity contribution in [3.8, 4) is 0 Å². The zero-order chi connectivity index (χ0) is 10.4. The molecule has 1 fully saturated rings. The van der Waals surface area contributed by atoms with Crippen LogP contribution in [0.1, 0.15) is 19.3 Å². The molecule has 1 heterocycles. The van der Waals surface area contributed by atoms with Crippen molar-refractivity contribution in [1.29, 1.82) is 0 Å². The molecule has 1 aliphatic rings. The van der Waals surface area contributed by atoms with E-state index in [0.717, 1.165) is 36.6 Å². The summed E-state index contributed by atoms with van der Waals surface area (Å²) in [5.41, 5.74) is 4.73. The van der Waals surface area contributed by atoms with Crippen molar-refractivity contribution in [3.63, 3.8) is 0 Å². The van der Waals surface area contributed by atoms with Crippen molar-refractivity contribution in [2.45, 2.75) is 25.3 Å². The van der Waals surface area contributed by atoms with Crippen LogP contribution < -0.4 is 11.1 Å². The fraction of sp³-hybridized carbons (Fsp3) is 0.714. The molecule has 1 saturated heterocycles. The van der Waals surface area contributed by atoms with Crippen molar-refractivity contribution in [2.75, 3.05) is 6.54 Å². The van der Waals surface area contributed by atoms with Gasteiger partial charge < -0.3 is 15.2 Å². The maximum absolute atomic E-state index is 11.4. The van der Waals surface area contributed by atoms with Gasteiger partial charge in [-0.05, 0) is 19.4 Å². The topological polar surface area (TPSA) is 81.4 Å². The molecule has 0 spiro atoms. The molecule has 0 aromatic heterocycles. The number of carbonyl (C=O) groups is 2. The van der Waals surface area contributed by atoms with Gasteiger partial charge in [-0.1, -0.05) is 6.42 Å². The lowest BCUT2D eigenvalue weighted by molar-refractivity contribution is -0.113. The third-order valence-corrected chi connectivity index (χ3v) is 3.48. The Labute approximate surface area is 90.1 Å². The van der Waals surface area contributed by atoms with E-state index < -0.39 is 6.09 Å². The van der Waals surface area contributed by atoms with E-state index in [2.05, 4.69) is 9.50 Å². The zero-order valence-corrected chi connectivity index (χ0v) is 9.16. The van der Waals surface area contributed by atoms with Gasteiger partial charge in [-0.25, -0.2) is 4.79 Å². The molecule has 0 radical (unpaired) electrons. The predicted octanol–water partition coefficient (Wildman–Crippen LogP) is 1.05. The summed E-state index contributed by atoms with van der Waals surface area (Å²) in [7, 11) is 0.903. The van der Waals surface area contributed by atoms with Gasteiger partial charge in [0.15, 0.2) is 0 Å². The maximum atomic E-state index is 11.4. The molecule has 3 N–H and O–H groups in total. The Kier molecular flexibility index (Phi) is 5.13. The van der Waals surface area contributed by atoms with Gasteiger partial charge in [-0.3, -0.25) is 4.79 Å². The molecule has 14 heavy (non-hydrogen) atoms. The number of primary amides is 1. The van der Waals surface area contributed by atoms with Crippen LogP contribution in [0.4, 0.5) is 4.79 Å². The first-order valence-electron chi connectivity index (χ1n) is 4.28. The summed E-state index contributed by atoms with van der Waals surface area (Å²) in [5.74, 6) is 0. The van der Waals surface area contributed by atoms with Gasteiger partial charge >= 0.3 is 6.09 Å². The molecule has 1 rings (SSSR count). The Morgan fingerprint density at radius 1 is 1.43 bits per heavy atom. The van der Waals surface area contributed by atoms with Gasteiger partial charge in [0.05, 0.1) is 6.04 Å². The standard InChI is InChI=1S/C7H12N2O3S2/c8-7(11)12-14-13-6(10)5-3-1-2-4-9-5/h5,9H,1-4H2,(H2,8,11). The molecule has 7 heteroatoms. The average molecular weight is 236 g/mol. The van der Waals surface area contributed by atoms with Crippen LogP contribution >= 0.6 is 21.9 Å². The summed E-state index contributed by atoms with van der Waals surface area (Å²) in [4.78, 5) is 21.6. The highest BCUT2D eigenvalue weighted by molar-refractivity contribution is 8.80. The van der Waals surface area contributed by atoms with Crippen molar-refractivity contribution < 1.29 is 13.8 Å². The van der Waals surface area contributed by atoms with E-state index in [1.165, 1.54) is 0 Å². The molecule has 0 aliphatic carbocycles. The highest BCUT2D eigenvalue weighted by atomic mass is 33.1. The predicted molar refractivity (Wildman–Crippen MR) is 56.5 cm³/mol. The van der Waals surface area contributed by atoms with E-state index >= 15 is 0 Å². The van der Waals surface area contributed by atoms with Crippen LogP contribution in [0.25, 0.3) is 0 Å². The van der Waals surface area contributed by atoms with Gasteiger partial charge in [0.2, 0.25) is 5.12 Å². The van der Waals surface area contributed by atoms with Gasteiger partial charge in [0, 0.05) is 10.8 Å². The molecule has 0 aromatic carbocycles. The quantitative estimate of drug-likeness (QED) is 0.563. The van der Waals surface area contributed by atoms with E-state index in [1.807, 2.05) is 0 Å². The Morgan fingerprint density at radius 3 is 2.79 bits per heavy atom. The SMILES string of the molecule is NC(=O)OSSC(=O)C1CCCCN1. The summed E-state index contributed by atoms with van der Waals surface area (Å²) < 4.78 is 4.37. The number of hydrogen-bond donors (Lipinski definition) is 2. The normalized spacial score (nSPS) is 21.6. The second-order valence-electron chi connectivity index (χ2n) is 2.88. The van der Waals surface area contributed by atoms with Crippen LogP contribution in [0.3, 0.4) is 0 Å². The van der Waals surface area contributed by atoms with Gasteiger partial charge in [0.25, 0.3) is 0 Å². The van der Waals surface area contributed by atoms with Crippen LogP contribution in [0.15, 0.2) is 0 Å². The first-order chi connectivity index (χ1) is 6.70. The maximum Gasteiger partial charge on any atom is 0.417 e. The first-order valence-corrected chi connectivity index (χ1v) is 6.35. The fourth-order valence-electron chi connectivity index (χ4n) is 1.20. The van der Waals surface area contributed by atoms with Crippen molar-refractivity contribution in [3.05, 3.63) is 0 Å². The molecule has 80 valence electrons. The number of nitrogens with two attached hydrogens (primary N) is 1. The summed E-state index contributed by atoms with van der Waals surface area (Å²) in [6.45, 7) is 0.873. The highest BCUT2D eigenvalue weighted by Gasteiger charge is 2.21. The molecule has 5 nitrogen and oxygen atoms in total. The molecular weight excluding hydrogens is 224 g/mol. The Balaban J connectivity index is 2.16. The monoisotopic (exact) mass is 236 g/mol. The molecule has 1 amide bonds. The molecule has 0 bridgehead atoms. The summed E-state index contributed by atoms with van der Waals surface area (Å²) in [5, 5.41) is 3.08.